The second-order valence-electron chi connectivity index (χ2n) is 5.03. The number of carbonyl (C=O) groups excluding carboxylic acids is 1. The highest BCUT2D eigenvalue weighted by molar-refractivity contribution is 6.43. The Kier molecular flexibility index (Phi) is 3.33. The summed E-state index contributed by atoms with van der Waals surface area (Å²) < 4.78 is 5.71. The zero-order valence-electron chi connectivity index (χ0n) is 10.2. The van der Waals surface area contributed by atoms with Crippen LogP contribution in [0.2, 0.25) is 10.0 Å². The molecule has 102 valence electrons. The number of rotatable bonds is 1. The summed E-state index contributed by atoms with van der Waals surface area (Å²) in [5.74, 6) is -0.0644. The number of halogens is 2. The van der Waals surface area contributed by atoms with Crippen LogP contribution in [-0.2, 0) is 4.74 Å². The van der Waals surface area contributed by atoms with Gasteiger partial charge in [-0.05, 0) is 25.0 Å². The number of morpholine rings is 1. The van der Waals surface area contributed by atoms with Crippen molar-refractivity contribution in [2.45, 2.75) is 25.0 Å². The molecule has 0 radical (unpaired) electrons. The van der Waals surface area contributed by atoms with Gasteiger partial charge >= 0.3 is 0 Å². The monoisotopic (exact) mass is 300 g/mol. The van der Waals surface area contributed by atoms with Crippen LogP contribution in [0.1, 0.15) is 23.2 Å². The number of ether oxygens (including phenoxy) is 1. The van der Waals surface area contributed by atoms with E-state index in [-0.39, 0.29) is 18.1 Å². The van der Waals surface area contributed by atoms with Crippen molar-refractivity contribution in [3.8, 4) is 0 Å². The quantitative estimate of drug-likeness (QED) is 0.811. The van der Waals surface area contributed by atoms with Crippen LogP contribution in [0.15, 0.2) is 12.1 Å². The number of nitrogen functional groups attached to an aromatic ring is 1. The van der Waals surface area contributed by atoms with E-state index < -0.39 is 0 Å². The molecule has 2 bridgehead atoms. The lowest BCUT2D eigenvalue weighted by atomic mass is 10.1. The third-order valence-corrected chi connectivity index (χ3v) is 4.45. The summed E-state index contributed by atoms with van der Waals surface area (Å²) in [4.78, 5) is 14.3. The molecule has 6 heteroatoms. The van der Waals surface area contributed by atoms with E-state index >= 15 is 0 Å². The molecule has 2 N–H and O–H groups in total. The number of benzene rings is 1. The van der Waals surface area contributed by atoms with E-state index in [1.165, 1.54) is 0 Å². The number of fused-ring (bicyclic) bond motifs is 2. The molecule has 0 spiro atoms. The van der Waals surface area contributed by atoms with Gasteiger partial charge in [0.25, 0.3) is 5.91 Å². The fraction of sp³-hybridized carbons (Fsp3) is 0.462. The first-order chi connectivity index (χ1) is 9.04. The van der Waals surface area contributed by atoms with Crippen molar-refractivity contribution in [3.63, 3.8) is 0 Å². The van der Waals surface area contributed by atoms with Crippen LogP contribution < -0.4 is 5.73 Å². The van der Waals surface area contributed by atoms with E-state index in [1.807, 2.05) is 4.90 Å². The number of nitrogens with two attached hydrogens (primary N) is 1. The maximum atomic E-state index is 12.4. The van der Waals surface area contributed by atoms with E-state index in [4.69, 9.17) is 33.7 Å². The standard InChI is InChI=1S/C13H14Cl2N2O2/c14-10-3-7(4-11(16)12(10)15)13(18)17-5-8-1-2-9(6-17)19-8/h3-4,8-9H,1-2,5-6,16H2. The van der Waals surface area contributed by atoms with Gasteiger partial charge in [-0.1, -0.05) is 23.2 Å². The first-order valence-electron chi connectivity index (χ1n) is 6.24. The van der Waals surface area contributed by atoms with Gasteiger partial charge in [0.1, 0.15) is 0 Å². The minimum absolute atomic E-state index is 0.0644. The highest BCUT2D eigenvalue weighted by Crippen LogP contribution is 2.31. The molecule has 1 aromatic carbocycles. The zero-order valence-corrected chi connectivity index (χ0v) is 11.7. The highest BCUT2D eigenvalue weighted by atomic mass is 35.5. The molecule has 2 heterocycles. The lowest BCUT2D eigenvalue weighted by Crippen LogP contribution is -2.45. The number of anilines is 1. The minimum atomic E-state index is -0.0644. The Balaban J connectivity index is 1.84. The highest BCUT2D eigenvalue weighted by Gasteiger charge is 2.36. The average molecular weight is 301 g/mol. The van der Waals surface area contributed by atoms with Gasteiger partial charge in [-0.15, -0.1) is 0 Å². The van der Waals surface area contributed by atoms with E-state index in [1.54, 1.807) is 12.1 Å². The Labute approximate surface area is 121 Å². The summed E-state index contributed by atoms with van der Waals surface area (Å²) in [6.07, 6.45) is 2.39. The SMILES string of the molecule is Nc1cc(C(=O)N2CC3CCC(C2)O3)cc(Cl)c1Cl. The Bertz CT molecular complexity index is 500. The van der Waals surface area contributed by atoms with E-state index in [0.29, 0.717) is 34.4 Å². The Morgan fingerprint density at radius 2 is 1.89 bits per heavy atom. The maximum Gasteiger partial charge on any atom is 0.254 e. The molecular formula is C13H14Cl2N2O2. The van der Waals surface area contributed by atoms with Crippen molar-refractivity contribution in [1.29, 1.82) is 0 Å². The minimum Gasteiger partial charge on any atom is -0.397 e. The van der Waals surface area contributed by atoms with Gasteiger partial charge in [0.15, 0.2) is 0 Å². The molecule has 2 unspecified atom stereocenters. The van der Waals surface area contributed by atoms with Crippen molar-refractivity contribution < 1.29 is 9.53 Å². The molecule has 1 amide bonds. The summed E-state index contributed by atoms with van der Waals surface area (Å²) >= 11 is 11.9. The molecule has 2 aliphatic rings. The average Bonchev–Trinajstić information content (AvgIpc) is 2.73. The van der Waals surface area contributed by atoms with E-state index in [2.05, 4.69) is 0 Å². The largest absolute Gasteiger partial charge is 0.397 e. The molecule has 2 atom stereocenters. The summed E-state index contributed by atoms with van der Waals surface area (Å²) in [5, 5.41) is 0.599. The normalized spacial score (nSPS) is 25.7. The second kappa shape index (κ2) is 4.85. The fourth-order valence-electron chi connectivity index (χ4n) is 2.70. The summed E-state index contributed by atoms with van der Waals surface area (Å²) in [6.45, 7) is 1.27. The number of likely N-dealkylation sites (tertiary alicyclic amines) is 1. The Morgan fingerprint density at radius 1 is 1.26 bits per heavy atom. The summed E-state index contributed by atoms with van der Waals surface area (Å²) in [7, 11) is 0. The first-order valence-corrected chi connectivity index (χ1v) is 6.99. The van der Waals surface area contributed by atoms with E-state index in [0.717, 1.165) is 12.8 Å². The van der Waals surface area contributed by atoms with Crippen molar-refractivity contribution in [2.75, 3.05) is 18.8 Å². The number of amides is 1. The number of carbonyl (C=O) groups is 1. The van der Waals surface area contributed by atoms with Crippen LogP contribution >= 0.6 is 23.2 Å². The van der Waals surface area contributed by atoms with Crippen molar-refractivity contribution >= 4 is 34.8 Å². The van der Waals surface area contributed by atoms with Crippen LogP contribution in [0, 0.1) is 0 Å². The molecule has 2 saturated heterocycles. The second-order valence-corrected chi connectivity index (χ2v) is 5.81. The van der Waals surface area contributed by atoms with Crippen molar-refractivity contribution in [2.24, 2.45) is 0 Å². The Hall–Kier alpha value is -0.970. The number of hydrogen-bond acceptors (Lipinski definition) is 3. The van der Waals surface area contributed by atoms with Gasteiger partial charge in [0.2, 0.25) is 0 Å². The maximum absolute atomic E-state index is 12.4. The summed E-state index contributed by atoms with van der Waals surface area (Å²) in [6, 6.07) is 3.15. The van der Waals surface area contributed by atoms with Gasteiger partial charge < -0.3 is 15.4 Å². The predicted molar refractivity (Wildman–Crippen MR) is 74.7 cm³/mol. The molecule has 3 rings (SSSR count). The molecule has 1 aromatic rings. The van der Waals surface area contributed by atoms with E-state index in [9.17, 15) is 4.79 Å². The van der Waals surface area contributed by atoms with Gasteiger partial charge in [-0.25, -0.2) is 0 Å². The van der Waals surface area contributed by atoms with Gasteiger partial charge in [0.05, 0.1) is 27.9 Å². The van der Waals surface area contributed by atoms with Crippen LogP contribution in [0.3, 0.4) is 0 Å². The van der Waals surface area contributed by atoms with Crippen LogP contribution in [0.4, 0.5) is 5.69 Å². The number of nitrogens with zero attached hydrogens (tertiary/aromatic N) is 1. The first kappa shape index (κ1) is 13.0. The zero-order chi connectivity index (χ0) is 13.6. The molecule has 4 nitrogen and oxygen atoms in total. The molecule has 0 aliphatic carbocycles. The van der Waals surface area contributed by atoms with Crippen LogP contribution in [0.25, 0.3) is 0 Å². The van der Waals surface area contributed by atoms with Crippen LogP contribution in [0.5, 0.6) is 0 Å². The molecular weight excluding hydrogens is 287 g/mol. The Morgan fingerprint density at radius 3 is 2.47 bits per heavy atom. The molecule has 19 heavy (non-hydrogen) atoms. The van der Waals surface area contributed by atoms with Gasteiger partial charge in [-0.2, -0.15) is 0 Å². The smallest absolute Gasteiger partial charge is 0.254 e. The third-order valence-electron chi connectivity index (χ3n) is 3.63. The topological polar surface area (TPSA) is 55.6 Å². The van der Waals surface area contributed by atoms with Gasteiger partial charge in [0, 0.05) is 18.7 Å². The van der Waals surface area contributed by atoms with Crippen LogP contribution in [-0.4, -0.2) is 36.1 Å². The molecule has 0 saturated carbocycles. The van der Waals surface area contributed by atoms with Gasteiger partial charge in [-0.3, -0.25) is 4.79 Å². The molecule has 2 fully saturated rings. The predicted octanol–water partition coefficient (Wildman–Crippen LogP) is 2.58. The lowest BCUT2D eigenvalue weighted by Gasteiger charge is -2.32. The van der Waals surface area contributed by atoms with Crippen molar-refractivity contribution in [1.82, 2.24) is 4.90 Å². The fourth-order valence-corrected chi connectivity index (χ4v) is 3.03. The molecule has 0 aromatic heterocycles. The lowest BCUT2D eigenvalue weighted by molar-refractivity contribution is -0.0303. The molecule has 2 aliphatic heterocycles. The third kappa shape index (κ3) is 2.40. The number of hydrogen-bond donors (Lipinski definition) is 1. The summed E-state index contributed by atoms with van der Waals surface area (Å²) in [5.41, 5.74) is 6.55. The van der Waals surface area contributed by atoms with Crippen molar-refractivity contribution in [3.05, 3.63) is 27.7 Å².